The van der Waals surface area contributed by atoms with E-state index in [-0.39, 0.29) is 13.2 Å². The van der Waals surface area contributed by atoms with Gasteiger partial charge in [-0.25, -0.2) is 0 Å². The third-order valence-electron chi connectivity index (χ3n) is 2.00. The fourth-order valence-electron chi connectivity index (χ4n) is 1.27. The van der Waals surface area contributed by atoms with Gasteiger partial charge in [-0.3, -0.25) is 0 Å². The van der Waals surface area contributed by atoms with E-state index in [9.17, 15) is 10.2 Å². The second kappa shape index (κ2) is 3.46. The summed E-state index contributed by atoms with van der Waals surface area (Å²) < 4.78 is 0. The van der Waals surface area contributed by atoms with E-state index >= 15 is 0 Å². The molecule has 0 spiro atoms. The Bertz CT molecular complexity index is 114. The lowest BCUT2D eigenvalue weighted by atomic mass is 10.1. The second-order valence-corrected chi connectivity index (χ2v) is 2.73. The number of hydrogen-bond acceptors (Lipinski definition) is 5. The third kappa shape index (κ3) is 1.52. The van der Waals surface area contributed by atoms with Crippen LogP contribution in [0.4, 0.5) is 0 Å². The molecule has 0 radical (unpaired) electrons. The second-order valence-electron chi connectivity index (χ2n) is 2.73. The van der Waals surface area contributed by atoms with Crippen LogP contribution in [-0.2, 0) is 0 Å². The Morgan fingerprint density at radius 2 is 1.27 bits per heavy atom. The van der Waals surface area contributed by atoms with Crippen LogP contribution < -0.4 is 5.32 Å². The zero-order valence-electron chi connectivity index (χ0n) is 6.01. The first-order valence-corrected chi connectivity index (χ1v) is 3.54. The molecular formula is C6H13NO4. The highest BCUT2D eigenvalue weighted by Gasteiger charge is 2.39. The van der Waals surface area contributed by atoms with Gasteiger partial charge in [0.15, 0.2) is 0 Å². The summed E-state index contributed by atoms with van der Waals surface area (Å²) in [6.07, 6.45) is -1.98. The maximum absolute atomic E-state index is 9.18. The Hall–Kier alpha value is -0.200. The predicted octanol–water partition coefficient (Wildman–Crippen LogP) is -2.97. The molecule has 5 nitrogen and oxygen atoms in total. The van der Waals surface area contributed by atoms with Gasteiger partial charge in [-0.15, -0.1) is 0 Å². The van der Waals surface area contributed by atoms with Crippen LogP contribution in [0.15, 0.2) is 0 Å². The van der Waals surface area contributed by atoms with Crippen molar-refractivity contribution in [3.05, 3.63) is 0 Å². The van der Waals surface area contributed by atoms with Crippen LogP contribution in [0.5, 0.6) is 0 Å². The van der Waals surface area contributed by atoms with Crippen molar-refractivity contribution < 1.29 is 20.4 Å². The molecule has 0 saturated carbocycles. The van der Waals surface area contributed by atoms with Crippen LogP contribution in [-0.4, -0.2) is 57.9 Å². The van der Waals surface area contributed by atoms with Crippen molar-refractivity contribution in [2.75, 3.05) is 13.2 Å². The molecule has 0 aromatic carbocycles. The fourth-order valence-corrected chi connectivity index (χ4v) is 1.27. The van der Waals surface area contributed by atoms with Gasteiger partial charge >= 0.3 is 0 Å². The lowest BCUT2D eigenvalue weighted by Crippen LogP contribution is -2.37. The summed E-state index contributed by atoms with van der Waals surface area (Å²) in [6, 6.07) is -1.05. The van der Waals surface area contributed by atoms with Gasteiger partial charge in [0.2, 0.25) is 0 Å². The van der Waals surface area contributed by atoms with Crippen molar-refractivity contribution >= 4 is 0 Å². The summed E-state index contributed by atoms with van der Waals surface area (Å²) in [6.45, 7) is -0.483. The zero-order chi connectivity index (χ0) is 8.43. The molecule has 0 aliphatic carbocycles. The van der Waals surface area contributed by atoms with Crippen molar-refractivity contribution in [2.24, 2.45) is 0 Å². The van der Waals surface area contributed by atoms with Crippen LogP contribution in [0.2, 0.25) is 0 Å². The normalized spacial score (nSPS) is 44.7. The van der Waals surface area contributed by atoms with Gasteiger partial charge in [0.05, 0.1) is 37.5 Å². The maximum Gasteiger partial charge on any atom is 0.0990 e. The molecule has 0 amide bonds. The summed E-state index contributed by atoms with van der Waals surface area (Å²) in [4.78, 5) is 0. The number of hydrogen-bond donors (Lipinski definition) is 5. The van der Waals surface area contributed by atoms with Crippen molar-refractivity contribution in [1.82, 2.24) is 5.32 Å². The number of aliphatic hydroxyl groups excluding tert-OH is 4. The smallest absolute Gasteiger partial charge is 0.0990 e. The summed E-state index contributed by atoms with van der Waals surface area (Å²) in [5, 5.41) is 38.3. The fraction of sp³-hybridized carbons (Fsp3) is 1.00. The van der Waals surface area contributed by atoms with Gasteiger partial charge < -0.3 is 25.7 Å². The molecule has 0 unspecified atom stereocenters. The lowest BCUT2D eigenvalue weighted by Gasteiger charge is -2.12. The Morgan fingerprint density at radius 1 is 0.909 bits per heavy atom. The van der Waals surface area contributed by atoms with E-state index in [1.807, 2.05) is 0 Å². The molecule has 5 heteroatoms. The maximum atomic E-state index is 9.18. The molecule has 1 rings (SSSR count). The van der Waals surface area contributed by atoms with Crippen LogP contribution >= 0.6 is 0 Å². The summed E-state index contributed by atoms with van der Waals surface area (Å²) in [5.74, 6) is 0. The van der Waals surface area contributed by atoms with Crippen LogP contribution in [0.25, 0.3) is 0 Å². The average molecular weight is 163 g/mol. The SMILES string of the molecule is OC[C@@H]1N[C@@H](CO)[C@@H](O)[C@H]1O. The molecule has 0 aromatic rings. The zero-order valence-corrected chi connectivity index (χ0v) is 6.01. The van der Waals surface area contributed by atoms with E-state index in [1.54, 1.807) is 0 Å². The highest BCUT2D eigenvalue weighted by molar-refractivity contribution is 4.97. The molecule has 1 fully saturated rings. The van der Waals surface area contributed by atoms with Crippen molar-refractivity contribution in [3.63, 3.8) is 0 Å². The summed E-state index contributed by atoms with van der Waals surface area (Å²) >= 11 is 0. The van der Waals surface area contributed by atoms with Crippen molar-refractivity contribution in [3.8, 4) is 0 Å². The number of aliphatic hydroxyl groups is 4. The van der Waals surface area contributed by atoms with Crippen LogP contribution in [0, 0.1) is 0 Å². The minimum absolute atomic E-state index is 0.241. The van der Waals surface area contributed by atoms with Gasteiger partial charge in [0.1, 0.15) is 0 Å². The Labute approximate surface area is 64.3 Å². The van der Waals surface area contributed by atoms with E-state index < -0.39 is 24.3 Å². The van der Waals surface area contributed by atoms with Crippen molar-refractivity contribution in [2.45, 2.75) is 24.3 Å². The third-order valence-corrected chi connectivity index (χ3v) is 2.00. The molecule has 11 heavy (non-hydrogen) atoms. The molecular weight excluding hydrogens is 150 g/mol. The van der Waals surface area contributed by atoms with Gasteiger partial charge in [-0.05, 0) is 0 Å². The minimum Gasteiger partial charge on any atom is -0.395 e. The summed E-state index contributed by atoms with van der Waals surface area (Å²) in [7, 11) is 0. The average Bonchev–Trinajstić information content (AvgIpc) is 2.30. The standard InChI is InChI=1S/C6H13NO4/c8-1-3-5(10)6(11)4(2-9)7-3/h3-11H,1-2H2/t3-,4-,5-,6+/m0/s1. The first-order valence-electron chi connectivity index (χ1n) is 3.54. The van der Waals surface area contributed by atoms with Gasteiger partial charge in [-0.2, -0.15) is 0 Å². The highest BCUT2D eigenvalue weighted by atomic mass is 16.3. The first-order chi connectivity index (χ1) is 5.20. The Morgan fingerprint density at radius 3 is 1.45 bits per heavy atom. The highest BCUT2D eigenvalue weighted by Crippen LogP contribution is 2.13. The lowest BCUT2D eigenvalue weighted by molar-refractivity contribution is 0.0130. The van der Waals surface area contributed by atoms with E-state index in [2.05, 4.69) is 5.32 Å². The van der Waals surface area contributed by atoms with Crippen LogP contribution in [0.3, 0.4) is 0 Å². The quantitative estimate of drug-likeness (QED) is 0.300. The number of nitrogens with one attached hydrogen (secondary N) is 1. The Kier molecular flexibility index (Phi) is 2.80. The molecule has 0 aromatic heterocycles. The minimum atomic E-state index is -0.989. The number of rotatable bonds is 2. The van der Waals surface area contributed by atoms with Gasteiger partial charge in [0.25, 0.3) is 0 Å². The first kappa shape index (κ1) is 8.89. The molecule has 0 bridgehead atoms. The van der Waals surface area contributed by atoms with E-state index in [1.165, 1.54) is 0 Å². The Balaban J connectivity index is 2.53. The molecule has 1 aliphatic rings. The van der Waals surface area contributed by atoms with E-state index in [4.69, 9.17) is 10.2 Å². The molecule has 1 saturated heterocycles. The van der Waals surface area contributed by atoms with Crippen molar-refractivity contribution in [1.29, 1.82) is 0 Å². The van der Waals surface area contributed by atoms with E-state index in [0.717, 1.165) is 0 Å². The monoisotopic (exact) mass is 163 g/mol. The largest absolute Gasteiger partial charge is 0.395 e. The molecule has 1 aliphatic heterocycles. The topological polar surface area (TPSA) is 93.0 Å². The van der Waals surface area contributed by atoms with Gasteiger partial charge in [0, 0.05) is 0 Å². The van der Waals surface area contributed by atoms with Gasteiger partial charge in [-0.1, -0.05) is 0 Å². The van der Waals surface area contributed by atoms with E-state index in [0.29, 0.717) is 0 Å². The predicted molar refractivity (Wildman–Crippen MR) is 36.9 cm³/mol. The molecule has 4 atom stereocenters. The molecule has 5 N–H and O–H groups in total. The molecule has 1 heterocycles. The van der Waals surface area contributed by atoms with Crippen LogP contribution in [0.1, 0.15) is 0 Å². The molecule has 66 valence electrons. The summed E-state index contributed by atoms with van der Waals surface area (Å²) in [5.41, 5.74) is 0.